The van der Waals surface area contributed by atoms with Gasteiger partial charge < -0.3 is 14.5 Å². The normalized spacial score (nSPS) is 29.8. The first-order valence-electron chi connectivity index (χ1n) is 17.1. The molecule has 5 heteroatoms. The molecule has 1 N–H and O–H groups in total. The molecule has 5 saturated carbocycles. The van der Waals surface area contributed by atoms with Crippen molar-refractivity contribution in [1.29, 1.82) is 0 Å². The highest BCUT2D eigenvalue weighted by Crippen LogP contribution is 2.55. The van der Waals surface area contributed by atoms with Gasteiger partial charge in [0.15, 0.2) is 0 Å². The fourth-order valence-electron chi connectivity index (χ4n) is 9.69. The minimum absolute atomic E-state index is 0.0200. The summed E-state index contributed by atoms with van der Waals surface area (Å²) in [5.74, 6) is 3.31. The largest absolute Gasteiger partial charge is 0.490 e. The number of hydrogen-bond acceptors (Lipinski definition) is 3. The van der Waals surface area contributed by atoms with E-state index in [0.717, 1.165) is 54.7 Å². The number of hydrogen-bond donors (Lipinski definition) is 1. The molecule has 0 heterocycles. The van der Waals surface area contributed by atoms with E-state index < -0.39 is 8.32 Å². The van der Waals surface area contributed by atoms with Crippen LogP contribution in [0.4, 0.5) is 0 Å². The Balaban J connectivity index is 1.01. The molecule has 0 unspecified atom stereocenters. The molecule has 44 heavy (non-hydrogen) atoms. The molecule has 3 aromatic rings. The van der Waals surface area contributed by atoms with Gasteiger partial charge in [-0.15, -0.1) is 0 Å². The number of carbonyl (C=O) groups excluding carboxylic acids is 1. The van der Waals surface area contributed by atoms with Crippen LogP contribution in [0.2, 0.25) is 5.04 Å². The molecule has 8 rings (SSSR count). The lowest BCUT2D eigenvalue weighted by atomic mass is 9.53. The molecule has 0 saturated heterocycles. The lowest BCUT2D eigenvalue weighted by Crippen LogP contribution is -2.67. The van der Waals surface area contributed by atoms with E-state index in [1.807, 2.05) is 24.3 Å². The Labute approximate surface area is 265 Å². The summed E-state index contributed by atoms with van der Waals surface area (Å²) >= 11 is 0. The minimum Gasteiger partial charge on any atom is -0.490 e. The highest BCUT2D eigenvalue weighted by Gasteiger charge is 2.53. The van der Waals surface area contributed by atoms with Crippen molar-refractivity contribution in [2.45, 2.75) is 108 Å². The van der Waals surface area contributed by atoms with Crippen LogP contribution in [-0.4, -0.2) is 32.0 Å². The van der Waals surface area contributed by atoms with Crippen LogP contribution in [0.3, 0.4) is 0 Å². The molecule has 5 fully saturated rings. The highest BCUT2D eigenvalue weighted by molar-refractivity contribution is 6.99. The zero-order chi connectivity index (χ0) is 30.4. The van der Waals surface area contributed by atoms with Gasteiger partial charge in [-0.25, -0.2) is 0 Å². The fraction of sp³-hybridized carbons (Fsp3) is 0.513. The van der Waals surface area contributed by atoms with Crippen molar-refractivity contribution in [3.05, 3.63) is 90.5 Å². The van der Waals surface area contributed by atoms with E-state index in [1.165, 1.54) is 48.9 Å². The summed E-state index contributed by atoms with van der Waals surface area (Å²) in [4.78, 5) is 13.5. The second-order valence-electron chi connectivity index (χ2n) is 15.5. The van der Waals surface area contributed by atoms with Crippen molar-refractivity contribution in [3.8, 4) is 5.75 Å². The standard InChI is InChI=1S/C39H49NO3Si/c1-38(2,3)44(35-13-6-4-7-14-35,36-15-8-5-9-16-36)43-33-19-17-32(18-20-33)42-34-12-10-11-31(24-34)37(41)40-39-25-28-21-29(26-39)23-30(22-28)27-39/h4-16,24,28-30,32-33H,17-23,25-27H2,1-3H3,(H,40,41). The van der Waals surface area contributed by atoms with Gasteiger partial charge in [0.25, 0.3) is 14.2 Å². The first-order valence-corrected chi connectivity index (χ1v) is 19.0. The number of nitrogens with one attached hydrogen (secondary N) is 1. The monoisotopic (exact) mass is 607 g/mol. The summed E-state index contributed by atoms with van der Waals surface area (Å²) in [5, 5.41) is 6.17. The van der Waals surface area contributed by atoms with Gasteiger partial charge in [0.1, 0.15) is 5.75 Å². The summed E-state index contributed by atoms with van der Waals surface area (Å²) in [5.41, 5.74) is 0.744. The molecular formula is C39H49NO3Si. The molecule has 0 atom stereocenters. The second-order valence-corrected chi connectivity index (χ2v) is 19.7. The van der Waals surface area contributed by atoms with E-state index in [1.54, 1.807) is 0 Å². The summed E-state index contributed by atoms with van der Waals surface area (Å²) in [7, 11) is -2.57. The van der Waals surface area contributed by atoms with Crippen LogP contribution in [0, 0.1) is 17.8 Å². The topological polar surface area (TPSA) is 47.6 Å². The Kier molecular flexibility index (Phi) is 7.99. The Morgan fingerprint density at radius 3 is 1.77 bits per heavy atom. The summed E-state index contributed by atoms with van der Waals surface area (Å²) in [6.45, 7) is 7.04. The first kappa shape index (κ1) is 29.8. The smallest absolute Gasteiger partial charge is 0.261 e. The van der Waals surface area contributed by atoms with Crippen LogP contribution in [0.15, 0.2) is 84.9 Å². The van der Waals surface area contributed by atoms with E-state index >= 15 is 0 Å². The molecule has 4 nitrogen and oxygen atoms in total. The van der Waals surface area contributed by atoms with Gasteiger partial charge >= 0.3 is 0 Å². The van der Waals surface area contributed by atoms with E-state index in [-0.39, 0.29) is 28.7 Å². The number of rotatable bonds is 8. The van der Waals surface area contributed by atoms with Gasteiger partial charge in [0, 0.05) is 17.2 Å². The van der Waals surface area contributed by atoms with Crippen LogP contribution in [0.5, 0.6) is 5.75 Å². The third-order valence-electron chi connectivity index (χ3n) is 11.2. The van der Waals surface area contributed by atoms with Crippen LogP contribution >= 0.6 is 0 Å². The third-order valence-corrected chi connectivity index (χ3v) is 16.3. The molecule has 4 bridgehead atoms. The number of ether oxygens (including phenoxy) is 1. The lowest BCUT2D eigenvalue weighted by molar-refractivity contribution is -0.0167. The SMILES string of the molecule is CC(C)(C)[Si](OC1CCC(Oc2cccc(C(=O)NC34CC5CC(CC(C5)C3)C4)c2)CC1)(c1ccccc1)c1ccccc1. The molecule has 3 aromatic carbocycles. The van der Waals surface area contributed by atoms with Crippen LogP contribution in [0.1, 0.15) is 95.3 Å². The van der Waals surface area contributed by atoms with E-state index in [9.17, 15) is 4.79 Å². The van der Waals surface area contributed by atoms with Crippen LogP contribution in [-0.2, 0) is 4.43 Å². The molecule has 0 aromatic heterocycles. The molecule has 5 aliphatic rings. The average Bonchev–Trinajstić information content (AvgIpc) is 3.00. The number of amides is 1. The fourth-order valence-corrected chi connectivity index (χ4v) is 14.4. The predicted octanol–water partition coefficient (Wildman–Crippen LogP) is 7.65. The first-order chi connectivity index (χ1) is 21.2. The Bertz CT molecular complexity index is 1370. The maximum Gasteiger partial charge on any atom is 0.261 e. The average molecular weight is 608 g/mol. The minimum atomic E-state index is -2.57. The van der Waals surface area contributed by atoms with Crippen molar-refractivity contribution >= 4 is 24.6 Å². The zero-order valence-corrected chi connectivity index (χ0v) is 27.8. The Hall–Kier alpha value is -2.89. The van der Waals surface area contributed by atoms with Gasteiger partial charge in [-0.3, -0.25) is 4.79 Å². The molecule has 232 valence electrons. The Morgan fingerprint density at radius 2 is 1.25 bits per heavy atom. The molecule has 5 aliphatic carbocycles. The summed E-state index contributed by atoms with van der Waals surface area (Å²) < 4.78 is 13.9. The maximum absolute atomic E-state index is 13.5. The van der Waals surface area contributed by atoms with Crippen LogP contribution < -0.4 is 20.4 Å². The lowest BCUT2D eigenvalue weighted by Gasteiger charge is -2.56. The Morgan fingerprint density at radius 1 is 0.727 bits per heavy atom. The summed E-state index contributed by atoms with van der Waals surface area (Å²) in [6, 6.07) is 29.8. The van der Waals surface area contributed by atoms with Gasteiger partial charge in [-0.2, -0.15) is 0 Å². The third kappa shape index (κ3) is 5.78. The van der Waals surface area contributed by atoms with Crippen molar-refractivity contribution < 1.29 is 14.0 Å². The number of carbonyl (C=O) groups is 1. The van der Waals surface area contributed by atoms with Gasteiger partial charge in [0.2, 0.25) is 0 Å². The molecular weight excluding hydrogens is 559 g/mol. The molecule has 1 amide bonds. The second kappa shape index (κ2) is 11.8. The van der Waals surface area contributed by atoms with Crippen molar-refractivity contribution in [2.75, 3.05) is 0 Å². The van der Waals surface area contributed by atoms with Crippen molar-refractivity contribution in [2.24, 2.45) is 17.8 Å². The molecule has 0 radical (unpaired) electrons. The van der Waals surface area contributed by atoms with Gasteiger partial charge in [-0.1, -0.05) is 87.5 Å². The maximum atomic E-state index is 13.5. The molecule has 0 spiro atoms. The predicted molar refractivity (Wildman–Crippen MR) is 180 cm³/mol. The van der Waals surface area contributed by atoms with E-state index in [0.29, 0.717) is 0 Å². The quantitative estimate of drug-likeness (QED) is 0.268. The van der Waals surface area contributed by atoms with Gasteiger partial charge in [0.05, 0.1) is 6.10 Å². The molecule has 0 aliphatic heterocycles. The number of benzene rings is 3. The van der Waals surface area contributed by atoms with Crippen molar-refractivity contribution in [3.63, 3.8) is 0 Å². The zero-order valence-electron chi connectivity index (χ0n) is 26.8. The van der Waals surface area contributed by atoms with E-state index in [4.69, 9.17) is 9.16 Å². The van der Waals surface area contributed by atoms with Crippen LogP contribution in [0.25, 0.3) is 0 Å². The van der Waals surface area contributed by atoms with Gasteiger partial charge in [-0.05, 0) is 116 Å². The van der Waals surface area contributed by atoms with E-state index in [2.05, 4.69) is 86.8 Å². The highest BCUT2D eigenvalue weighted by atomic mass is 28.4. The summed E-state index contributed by atoms with van der Waals surface area (Å²) in [6.07, 6.45) is 11.8. The van der Waals surface area contributed by atoms with Crippen molar-refractivity contribution in [1.82, 2.24) is 5.32 Å².